The Morgan fingerprint density at radius 1 is 1.03 bits per heavy atom. The number of anilines is 1. The lowest BCUT2D eigenvalue weighted by molar-refractivity contribution is -0.385. The Morgan fingerprint density at radius 2 is 1.72 bits per heavy atom. The molecule has 29 heavy (non-hydrogen) atoms. The minimum absolute atomic E-state index is 0.0827. The Labute approximate surface area is 165 Å². The average molecular weight is 405 g/mol. The van der Waals surface area contributed by atoms with Crippen molar-refractivity contribution in [3.63, 3.8) is 0 Å². The van der Waals surface area contributed by atoms with Crippen LogP contribution in [-0.2, 0) is 4.74 Å². The van der Waals surface area contributed by atoms with E-state index < -0.39 is 21.4 Å². The summed E-state index contributed by atoms with van der Waals surface area (Å²) in [7, 11) is 2.81. The van der Waals surface area contributed by atoms with Crippen LogP contribution in [-0.4, -0.2) is 43.2 Å². The first-order valence-corrected chi connectivity index (χ1v) is 8.33. The number of ether oxygens (including phenoxy) is 3. The number of nitrogens with zero attached hydrogens (tertiary/aromatic N) is 2. The van der Waals surface area contributed by atoms with Gasteiger partial charge in [-0.15, -0.1) is 0 Å². The van der Waals surface area contributed by atoms with E-state index in [1.807, 2.05) is 0 Å². The number of carbonyl (C=O) groups is 1. The third-order valence-corrected chi connectivity index (χ3v) is 4.02. The van der Waals surface area contributed by atoms with Crippen molar-refractivity contribution in [1.82, 2.24) is 0 Å². The van der Waals surface area contributed by atoms with Crippen LogP contribution < -0.4 is 14.8 Å². The molecular formula is C18H19N3O8. The summed E-state index contributed by atoms with van der Waals surface area (Å²) >= 11 is 0. The molecule has 0 aliphatic carbocycles. The summed E-state index contributed by atoms with van der Waals surface area (Å²) in [4.78, 5) is 34.0. The topological polar surface area (TPSA) is 143 Å². The Morgan fingerprint density at radius 3 is 2.31 bits per heavy atom. The molecule has 1 amide bonds. The zero-order chi connectivity index (χ0) is 21.6. The number of nitrogens with one attached hydrogen (secondary N) is 1. The van der Waals surface area contributed by atoms with E-state index in [0.717, 1.165) is 6.07 Å². The van der Waals surface area contributed by atoms with Crippen LogP contribution in [0.1, 0.15) is 15.9 Å². The molecular weight excluding hydrogens is 386 g/mol. The van der Waals surface area contributed by atoms with Crippen molar-refractivity contribution >= 4 is 23.0 Å². The van der Waals surface area contributed by atoms with E-state index in [4.69, 9.17) is 14.2 Å². The first kappa shape index (κ1) is 21.6. The standard InChI is InChI=1S/C18H19N3O8/c1-11-13(5-4-6-14(11)20(23)24)19-18(22)12-9-16(28-3)17(29-8-7-27-2)10-15(12)21(25)26/h4-6,9-10H,7-8H2,1-3H3,(H,19,22). The van der Waals surface area contributed by atoms with Gasteiger partial charge in [0.2, 0.25) is 0 Å². The normalized spacial score (nSPS) is 10.3. The number of hydrogen-bond donors (Lipinski definition) is 1. The summed E-state index contributed by atoms with van der Waals surface area (Å²) < 4.78 is 15.4. The van der Waals surface area contributed by atoms with Gasteiger partial charge in [0.15, 0.2) is 11.5 Å². The second-order valence-electron chi connectivity index (χ2n) is 5.78. The molecule has 2 aromatic rings. The van der Waals surface area contributed by atoms with Crippen LogP contribution in [0.5, 0.6) is 11.5 Å². The van der Waals surface area contributed by atoms with Crippen LogP contribution in [0.25, 0.3) is 0 Å². The fraction of sp³-hybridized carbons (Fsp3) is 0.278. The molecule has 11 nitrogen and oxygen atoms in total. The van der Waals surface area contributed by atoms with Gasteiger partial charge in [-0.05, 0) is 13.0 Å². The van der Waals surface area contributed by atoms with Gasteiger partial charge in [-0.1, -0.05) is 6.07 Å². The van der Waals surface area contributed by atoms with Crippen molar-refractivity contribution in [2.45, 2.75) is 6.92 Å². The largest absolute Gasteiger partial charge is 0.493 e. The lowest BCUT2D eigenvalue weighted by Gasteiger charge is -2.13. The molecule has 0 radical (unpaired) electrons. The summed E-state index contributed by atoms with van der Waals surface area (Å²) in [5.74, 6) is -0.617. The number of carbonyl (C=O) groups excluding carboxylic acids is 1. The van der Waals surface area contributed by atoms with Gasteiger partial charge in [0.25, 0.3) is 17.3 Å². The van der Waals surface area contributed by atoms with Crippen LogP contribution in [0.3, 0.4) is 0 Å². The maximum absolute atomic E-state index is 12.7. The van der Waals surface area contributed by atoms with Gasteiger partial charge in [0, 0.05) is 19.2 Å². The molecule has 2 aromatic carbocycles. The van der Waals surface area contributed by atoms with Crippen LogP contribution in [0.15, 0.2) is 30.3 Å². The van der Waals surface area contributed by atoms with E-state index in [2.05, 4.69) is 5.32 Å². The highest BCUT2D eigenvalue weighted by Gasteiger charge is 2.26. The zero-order valence-electron chi connectivity index (χ0n) is 16.0. The van der Waals surface area contributed by atoms with E-state index in [0.29, 0.717) is 0 Å². The summed E-state index contributed by atoms with van der Waals surface area (Å²) in [6.45, 7) is 1.85. The molecule has 0 bridgehead atoms. The maximum Gasteiger partial charge on any atom is 0.286 e. The van der Waals surface area contributed by atoms with Crippen LogP contribution in [0.4, 0.5) is 17.1 Å². The lowest BCUT2D eigenvalue weighted by atomic mass is 10.1. The molecule has 0 fully saturated rings. The third kappa shape index (κ3) is 4.96. The van der Waals surface area contributed by atoms with E-state index in [1.54, 1.807) is 0 Å². The molecule has 0 aromatic heterocycles. The number of amides is 1. The van der Waals surface area contributed by atoms with Crippen molar-refractivity contribution < 1.29 is 28.9 Å². The minimum atomic E-state index is -0.818. The molecule has 0 atom stereocenters. The molecule has 1 N–H and O–H groups in total. The summed E-state index contributed by atoms with van der Waals surface area (Å²) in [5.41, 5.74) is -0.578. The fourth-order valence-electron chi connectivity index (χ4n) is 2.54. The van der Waals surface area contributed by atoms with E-state index in [9.17, 15) is 25.0 Å². The second kappa shape index (κ2) is 9.46. The van der Waals surface area contributed by atoms with E-state index >= 15 is 0 Å². The highest BCUT2D eigenvalue weighted by Crippen LogP contribution is 2.35. The number of nitro benzene ring substituents is 2. The number of methoxy groups -OCH3 is 2. The Hall–Kier alpha value is -3.73. The van der Waals surface area contributed by atoms with E-state index in [-0.39, 0.29) is 47.2 Å². The predicted molar refractivity (Wildman–Crippen MR) is 103 cm³/mol. The monoisotopic (exact) mass is 405 g/mol. The molecule has 11 heteroatoms. The van der Waals surface area contributed by atoms with Crippen molar-refractivity contribution in [2.75, 3.05) is 32.8 Å². The molecule has 0 unspecified atom stereocenters. The van der Waals surface area contributed by atoms with Gasteiger partial charge < -0.3 is 19.5 Å². The highest BCUT2D eigenvalue weighted by molar-refractivity contribution is 6.08. The Balaban J connectivity index is 2.42. The lowest BCUT2D eigenvalue weighted by Crippen LogP contribution is -2.16. The summed E-state index contributed by atoms with van der Waals surface area (Å²) in [6, 6.07) is 6.43. The van der Waals surface area contributed by atoms with Crippen molar-refractivity contribution in [1.29, 1.82) is 0 Å². The van der Waals surface area contributed by atoms with Crippen LogP contribution >= 0.6 is 0 Å². The number of nitro groups is 2. The van der Waals surface area contributed by atoms with Gasteiger partial charge in [0.1, 0.15) is 12.2 Å². The first-order chi connectivity index (χ1) is 13.8. The maximum atomic E-state index is 12.7. The molecule has 154 valence electrons. The first-order valence-electron chi connectivity index (χ1n) is 8.33. The molecule has 0 saturated carbocycles. The van der Waals surface area contributed by atoms with Crippen LogP contribution in [0.2, 0.25) is 0 Å². The number of rotatable bonds is 9. The van der Waals surface area contributed by atoms with Crippen LogP contribution in [0, 0.1) is 27.2 Å². The van der Waals surface area contributed by atoms with E-state index in [1.165, 1.54) is 45.4 Å². The summed E-state index contributed by atoms with van der Waals surface area (Å²) in [6.07, 6.45) is 0. The zero-order valence-corrected chi connectivity index (χ0v) is 16.0. The molecule has 0 spiro atoms. The Bertz CT molecular complexity index is 945. The second-order valence-corrected chi connectivity index (χ2v) is 5.78. The van der Waals surface area contributed by atoms with Crippen molar-refractivity contribution in [3.8, 4) is 11.5 Å². The Kier molecular flexibility index (Phi) is 7.04. The van der Waals surface area contributed by atoms with Gasteiger partial charge in [-0.25, -0.2) is 0 Å². The smallest absolute Gasteiger partial charge is 0.286 e. The number of hydrogen-bond acceptors (Lipinski definition) is 8. The molecule has 0 heterocycles. The van der Waals surface area contributed by atoms with Gasteiger partial charge in [-0.3, -0.25) is 25.0 Å². The molecule has 0 aliphatic heterocycles. The fourth-order valence-corrected chi connectivity index (χ4v) is 2.54. The summed E-state index contributed by atoms with van der Waals surface area (Å²) in [5, 5.41) is 25.0. The molecule has 0 saturated heterocycles. The van der Waals surface area contributed by atoms with Crippen molar-refractivity contribution in [3.05, 3.63) is 61.7 Å². The predicted octanol–water partition coefficient (Wildman–Crippen LogP) is 3.10. The highest BCUT2D eigenvalue weighted by atomic mass is 16.6. The third-order valence-electron chi connectivity index (χ3n) is 4.02. The van der Waals surface area contributed by atoms with Crippen molar-refractivity contribution in [2.24, 2.45) is 0 Å². The molecule has 0 aliphatic rings. The molecule has 2 rings (SSSR count). The van der Waals surface area contributed by atoms with Gasteiger partial charge in [-0.2, -0.15) is 0 Å². The van der Waals surface area contributed by atoms with Gasteiger partial charge >= 0.3 is 0 Å². The average Bonchev–Trinajstić information content (AvgIpc) is 2.68. The quantitative estimate of drug-likeness (QED) is 0.381. The SMILES string of the molecule is COCCOc1cc([N+](=O)[O-])c(C(=O)Nc2cccc([N+](=O)[O-])c2C)cc1OC. The van der Waals surface area contributed by atoms with Gasteiger partial charge in [0.05, 0.1) is 40.9 Å². The number of benzene rings is 2. The minimum Gasteiger partial charge on any atom is -0.493 e.